The second kappa shape index (κ2) is 40.8. The molecule has 0 aliphatic rings. The van der Waals surface area contributed by atoms with Gasteiger partial charge in [0.05, 0.1) is 87.5 Å². The van der Waals surface area contributed by atoms with E-state index in [9.17, 15) is 29.5 Å². The van der Waals surface area contributed by atoms with Gasteiger partial charge >= 0.3 is 23.9 Å². The van der Waals surface area contributed by atoms with Crippen molar-refractivity contribution in [2.45, 2.75) is 189 Å². The molecule has 0 amide bonds. The van der Waals surface area contributed by atoms with Crippen LogP contribution in [0.2, 0.25) is 0 Å². The number of carboxylic acid groups (broad SMARTS) is 1. The molecule has 0 radical (unpaired) electrons. The van der Waals surface area contributed by atoms with Crippen molar-refractivity contribution in [1.82, 2.24) is 0 Å². The molecule has 0 aromatic heterocycles. The zero-order chi connectivity index (χ0) is 55.0. The molecule has 2 aromatic rings. The number of nitrogens with zero attached hydrogens (tertiary/aromatic N) is 1. The van der Waals surface area contributed by atoms with Crippen molar-refractivity contribution in [1.29, 1.82) is 5.26 Å². The van der Waals surface area contributed by atoms with E-state index in [1.165, 1.54) is 57.8 Å². The Morgan fingerprint density at radius 1 is 0.587 bits per heavy atom. The molecule has 0 heterocycles. The Morgan fingerprint density at radius 3 is 1.65 bits per heavy atom. The van der Waals surface area contributed by atoms with Crippen LogP contribution in [-0.2, 0) is 58.9 Å². The molecule has 0 fully saturated rings. The first-order chi connectivity index (χ1) is 36.2. The molecule has 424 valence electrons. The fraction of sp³-hybridized carbons (Fsp3) is 0.726. The molecule has 0 aliphatic heterocycles. The SMILES string of the molecule is CCCCCCCCCCCCOCCOCCOCCOCCOC(=O)C(C)CC(CC(CC(C)(CC(C)(C#N)CC(CC)c1ccccc1)C(=O)OCc1ccccc1)C(=O)O)C(=O)OCC(CC)CCCC. The van der Waals surface area contributed by atoms with Crippen LogP contribution in [-0.4, -0.2) is 95.1 Å². The predicted molar refractivity (Wildman–Crippen MR) is 295 cm³/mol. The van der Waals surface area contributed by atoms with Crippen LogP contribution in [0.15, 0.2) is 60.7 Å². The van der Waals surface area contributed by atoms with Crippen molar-refractivity contribution in [3.8, 4) is 6.07 Å². The summed E-state index contributed by atoms with van der Waals surface area (Å²) < 4.78 is 40.0. The first kappa shape index (κ1) is 66.8. The molecular weight excluding hydrogens is 951 g/mol. The molecule has 0 bridgehead atoms. The molecule has 7 atom stereocenters. The fourth-order valence-corrected chi connectivity index (χ4v) is 9.89. The largest absolute Gasteiger partial charge is 0.481 e. The quantitative estimate of drug-likeness (QED) is 0.0377. The summed E-state index contributed by atoms with van der Waals surface area (Å²) in [6.45, 7) is 17.2. The minimum atomic E-state index is -1.45. The first-order valence-electron chi connectivity index (χ1n) is 28.8. The molecule has 75 heavy (non-hydrogen) atoms. The highest BCUT2D eigenvalue weighted by Gasteiger charge is 2.46. The minimum absolute atomic E-state index is 0.0105. The summed E-state index contributed by atoms with van der Waals surface area (Å²) in [4.78, 5) is 55.3. The van der Waals surface area contributed by atoms with E-state index in [-0.39, 0.29) is 63.9 Å². The summed E-state index contributed by atoms with van der Waals surface area (Å²) in [5, 5.41) is 21.7. The van der Waals surface area contributed by atoms with Gasteiger partial charge in [0.1, 0.15) is 13.2 Å². The van der Waals surface area contributed by atoms with Crippen LogP contribution in [0.25, 0.3) is 0 Å². The normalized spacial score (nSPS) is 15.1. The summed E-state index contributed by atoms with van der Waals surface area (Å²) in [6.07, 6.45) is 17.4. The van der Waals surface area contributed by atoms with E-state index in [1.807, 2.05) is 74.5 Å². The van der Waals surface area contributed by atoms with Gasteiger partial charge in [-0.25, -0.2) is 0 Å². The maximum atomic E-state index is 14.4. The molecule has 0 aliphatic carbocycles. The van der Waals surface area contributed by atoms with Crippen LogP contribution in [0.1, 0.15) is 194 Å². The van der Waals surface area contributed by atoms with Gasteiger partial charge in [-0.15, -0.1) is 0 Å². The van der Waals surface area contributed by atoms with Crippen LogP contribution >= 0.6 is 0 Å². The number of carbonyl (C=O) groups is 4. The number of nitriles is 1. The van der Waals surface area contributed by atoms with Crippen LogP contribution in [0.3, 0.4) is 0 Å². The van der Waals surface area contributed by atoms with Gasteiger partial charge in [0, 0.05) is 6.61 Å². The van der Waals surface area contributed by atoms with Crippen molar-refractivity contribution in [3.05, 3.63) is 71.8 Å². The van der Waals surface area contributed by atoms with E-state index in [0.717, 1.165) is 56.3 Å². The number of benzene rings is 2. The third-order valence-electron chi connectivity index (χ3n) is 14.4. The molecule has 0 saturated heterocycles. The number of hydrogen-bond donors (Lipinski definition) is 1. The lowest BCUT2D eigenvalue weighted by atomic mass is 9.65. The van der Waals surface area contributed by atoms with Crippen LogP contribution in [0.5, 0.6) is 0 Å². The Morgan fingerprint density at radius 2 is 1.12 bits per heavy atom. The lowest BCUT2D eigenvalue weighted by Crippen LogP contribution is -2.40. The van der Waals surface area contributed by atoms with Gasteiger partial charge in [0.2, 0.25) is 0 Å². The Labute approximate surface area is 452 Å². The average Bonchev–Trinajstić information content (AvgIpc) is 3.41. The van der Waals surface area contributed by atoms with Gasteiger partial charge in [0.25, 0.3) is 0 Å². The maximum absolute atomic E-state index is 14.4. The predicted octanol–water partition coefficient (Wildman–Crippen LogP) is 13.7. The number of unbranched alkanes of at least 4 members (excludes halogenated alkanes) is 10. The maximum Gasteiger partial charge on any atom is 0.312 e. The second-order valence-electron chi connectivity index (χ2n) is 21.3. The van der Waals surface area contributed by atoms with Gasteiger partial charge < -0.3 is 38.3 Å². The summed E-state index contributed by atoms with van der Waals surface area (Å²) in [7, 11) is 0. The lowest BCUT2D eigenvalue weighted by molar-refractivity contribution is -0.161. The van der Waals surface area contributed by atoms with Crippen molar-refractivity contribution in [3.63, 3.8) is 0 Å². The zero-order valence-corrected chi connectivity index (χ0v) is 47.5. The fourth-order valence-electron chi connectivity index (χ4n) is 9.89. The van der Waals surface area contributed by atoms with Gasteiger partial charge in [-0.2, -0.15) is 5.26 Å². The lowest BCUT2D eigenvalue weighted by Gasteiger charge is -2.37. The van der Waals surface area contributed by atoms with E-state index in [0.29, 0.717) is 46.1 Å². The van der Waals surface area contributed by atoms with Crippen LogP contribution in [0.4, 0.5) is 0 Å². The van der Waals surface area contributed by atoms with E-state index < -0.39 is 52.5 Å². The van der Waals surface area contributed by atoms with Crippen LogP contribution in [0, 0.1) is 45.8 Å². The highest BCUT2D eigenvalue weighted by Crippen LogP contribution is 2.46. The van der Waals surface area contributed by atoms with Gasteiger partial charge in [-0.3, -0.25) is 19.2 Å². The number of ether oxygens (including phenoxy) is 7. The zero-order valence-electron chi connectivity index (χ0n) is 47.5. The number of carbonyl (C=O) groups excluding carboxylic acids is 3. The highest BCUT2D eigenvalue weighted by molar-refractivity contribution is 5.80. The highest BCUT2D eigenvalue weighted by atomic mass is 16.6. The molecule has 0 spiro atoms. The molecule has 13 nitrogen and oxygen atoms in total. The second-order valence-corrected chi connectivity index (χ2v) is 21.3. The monoisotopic (exact) mass is 1050 g/mol. The molecule has 1 N–H and O–H groups in total. The summed E-state index contributed by atoms with van der Waals surface area (Å²) in [5.41, 5.74) is -0.674. The Hall–Kier alpha value is -4.35. The molecule has 7 unspecified atom stereocenters. The number of carboxylic acids is 1. The van der Waals surface area contributed by atoms with Crippen molar-refractivity contribution < 1.29 is 57.4 Å². The third-order valence-corrected chi connectivity index (χ3v) is 14.4. The Balaban J connectivity index is 2.01. The van der Waals surface area contributed by atoms with Crippen LogP contribution < -0.4 is 0 Å². The summed E-state index contributed by atoms with van der Waals surface area (Å²) in [6, 6.07) is 21.6. The van der Waals surface area contributed by atoms with Crippen molar-refractivity contribution in [2.24, 2.45) is 34.5 Å². The smallest absolute Gasteiger partial charge is 0.312 e. The van der Waals surface area contributed by atoms with Gasteiger partial charge in [-0.1, -0.05) is 172 Å². The van der Waals surface area contributed by atoms with E-state index in [2.05, 4.69) is 26.8 Å². The van der Waals surface area contributed by atoms with Gasteiger partial charge in [0.15, 0.2) is 0 Å². The average molecular weight is 1050 g/mol. The molecule has 13 heteroatoms. The number of rotatable bonds is 47. The van der Waals surface area contributed by atoms with E-state index in [4.69, 9.17) is 33.2 Å². The molecule has 2 rings (SSSR count). The number of hydrogen-bond acceptors (Lipinski definition) is 12. The minimum Gasteiger partial charge on any atom is -0.481 e. The van der Waals surface area contributed by atoms with Crippen molar-refractivity contribution >= 4 is 23.9 Å². The van der Waals surface area contributed by atoms with E-state index in [1.54, 1.807) is 13.8 Å². The van der Waals surface area contributed by atoms with E-state index >= 15 is 0 Å². The molecule has 0 saturated carbocycles. The molecule has 2 aromatic carbocycles. The van der Waals surface area contributed by atoms with Gasteiger partial charge in [-0.05, 0) is 88.2 Å². The first-order valence-corrected chi connectivity index (χ1v) is 28.8. The topological polar surface area (TPSA) is 177 Å². The Kier molecular flexibility index (Phi) is 36.4. The van der Waals surface area contributed by atoms with Crippen molar-refractivity contribution in [2.75, 3.05) is 66.1 Å². The summed E-state index contributed by atoms with van der Waals surface area (Å²) >= 11 is 0. The number of aliphatic carboxylic acids is 1. The Bertz CT molecular complexity index is 1840. The standard InChI is InChI=1S/C62H99NO12/c1-8-12-14-15-16-17-18-19-20-27-33-69-34-35-70-36-37-71-38-39-72-40-41-73-58(66)50(5)42-55(59(67)74-46-51(10-3)28-13-9-2)43-56(57(64)65)45-62(7,60(68)75-47-52-29-23-21-24-30-52)48-61(6,49-63)44-53(11-4)54-31-25-22-26-32-54/h21-26,29-32,50-51,53,55-56H,8-20,27-28,33-48H2,1-7H3,(H,64,65). The molecular formula is C62H99NO12. The number of esters is 3. The summed E-state index contributed by atoms with van der Waals surface area (Å²) in [5.74, 6) is -5.87. The third kappa shape index (κ3) is 29.7.